The molecule has 1 aromatic carbocycles. The number of nitrogens with one attached hydrogen (secondary N) is 1. The van der Waals surface area contributed by atoms with Gasteiger partial charge in [0.05, 0.1) is 5.92 Å². The topological polar surface area (TPSA) is 72.2 Å². The van der Waals surface area contributed by atoms with E-state index >= 15 is 0 Å². The lowest BCUT2D eigenvalue weighted by Crippen LogP contribution is -2.41. The van der Waals surface area contributed by atoms with Crippen LogP contribution in [-0.2, 0) is 4.79 Å². The van der Waals surface area contributed by atoms with Crippen LogP contribution in [0.5, 0.6) is 0 Å². The van der Waals surface area contributed by atoms with Gasteiger partial charge < -0.3 is 5.73 Å². The van der Waals surface area contributed by atoms with Crippen molar-refractivity contribution < 1.29 is 9.59 Å². The second kappa shape index (κ2) is 2.95. The predicted molar refractivity (Wildman–Crippen MR) is 58.4 cm³/mol. The molecule has 3 N–H and O–H groups in total. The van der Waals surface area contributed by atoms with Crippen LogP contribution in [0.4, 0.5) is 0 Å². The van der Waals surface area contributed by atoms with Crippen LogP contribution >= 0.6 is 0 Å². The van der Waals surface area contributed by atoms with Crippen LogP contribution < -0.4 is 11.1 Å². The van der Waals surface area contributed by atoms with Gasteiger partial charge in [0.15, 0.2) is 0 Å². The van der Waals surface area contributed by atoms with Crippen LogP contribution in [0.25, 0.3) is 5.70 Å². The first-order valence-electron chi connectivity index (χ1n) is 5.12. The van der Waals surface area contributed by atoms with E-state index in [1.807, 2.05) is 12.1 Å². The molecule has 0 aromatic heterocycles. The molecule has 1 aliphatic carbocycles. The summed E-state index contributed by atoms with van der Waals surface area (Å²) in [5.41, 5.74) is 8.69. The summed E-state index contributed by atoms with van der Waals surface area (Å²) in [6.07, 6.45) is 2.40. The number of nitrogens with two attached hydrogens (primary N) is 1. The Balaban J connectivity index is 2.33. The van der Waals surface area contributed by atoms with E-state index in [-0.39, 0.29) is 17.7 Å². The number of carbonyl (C=O) groups excluding carboxylic acids is 2. The van der Waals surface area contributed by atoms with Crippen LogP contribution in [0.15, 0.2) is 24.3 Å². The van der Waals surface area contributed by atoms with Crippen LogP contribution in [0, 0.1) is 0 Å². The van der Waals surface area contributed by atoms with Gasteiger partial charge in [-0.05, 0) is 18.1 Å². The molecule has 0 saturated heterocycles. The number of allylic oxidation sites excluding steroid dienone is 1. The molecule has 2 aliphatic rings. The number of rotatable bonds is 0. The van der Waals surface area contributed by atoms with Crippen LogP contribution in [0.1, 0.15) is 33.8 Å². The van der Waals surface area contributed by atoms with E-state index in [2.05, 4.69) is 5.32 Å². The van der Waals surface area contributed by atoms with Gasteiger partial charge in [0.25, 0.3) is 5.91 Å². The van der Waals surface area contributed by atoms with Crippen molar-refractivity contribution in [1.29, 1.82) is 0 Å². The molecule has 4 heteroatoms. The first-order valence-corrected chi connectivity index (χ1v) is 5.12. The van der Waals surface area contributed by atoms with Gasteiger partial charge in [0.1, 0.15) is 0 Å². The zero-order valence-corrected chi connectivity index (χ0v) is 8.49. The molecule has 3 rings (SSSR count). The molecule has 0 fully saturated rings. The highest BCUT2D eigenvalue weighted by Gasteiger charge is 2.35. The SMILES string of the molecule is NC1=CCC2C(=O)NC(=O)c3cccc1c32. The maximum Gasteiger partial charge on any atom is 0.258 e. The fraction of sp³-hybridized carbons (Fsp3) is 0.167. The van der Waals surface area contributed by atoms with Crippen molar-refractivity contribution in [3.8, 4) is 0 Å². The van der Waals surface area contributed by atoms with Crippen molar-refractivity contribution >= 4 is 17.5 Å². The summed E-state index contributed by atoms with van der Waals surface area (Å²) in [6.45, 7) is 0. The maximum atomic E-state index is 11.7. The first-order chi connectivity index (χ1) is 7.68. The number of benzene rings is 1. The van der Waals surface area contributed by atoms with Gasteiger partial charge in [-0.1, -0.05) is 18.2 Å². The zero-order chi connectivity index (χ0) is 11.3. The third-order valence-corrected chi connectivity index (χ3v) is 3.14. The van der Waals surface area contributed by atoms with Gasteiger partial charge >= 0.3 is 0 Å². The van der Waals surface area contributed by atoms with E-state index in [0.29, 0.717) is 17.7 Å². The fourth-order valence-electron chi connectivity index (χ4n) is 2.37. The number of amides is 2. The highest BCUT2D eigenvalue weighted by Crippen LogP contribution is 2.36. The largest absolute Gasteiger partial charge is 0.398 e. The Hall–Kier alpha value is -2.10. The van der Waals surface area contributed by atoms with Gasteiger partial charge in [-0.3, -0.25) is 14.9 Å². The normalized spacial score (nSPS) is 22.2. The van der Waals surface area contributed by atoms with E-state index in [1.165, 1.54) is 0 Å². The Bertz CT molecular complexity index is 546. The lowest BCUT2D eigenvalue weighted by molar-refractivity contribution is -0.121. The summed E-state index contributed by atoms with van der Waals surface area (Å²) in [5.74, 6) is -0.822. The minimum absolute atomic E-state index is 0.228. The number of hydrogen-bond donors (Lipinski definition) is 2. The third kappa shape index (κ3) is 1.04. The molecular weight excluding hydrogens is 204 g/mol. The number of imide groups is 1. The molecule has 2 amide bonds. The molecule has 80 valence electrons. The van der Waals surface area contributed by atoms with Gasteiger partial charge in [-0.15, -0.1) is 0 Å². The molecular formula is C12H10N2O2. The van der Waals surface area contributed by atoms with Crippen molar-refractivity contribution in [2.75, 3.05) is 0 Å². The Kier molecular flexibility index (Phi) is 1.68. The summed E-state index contributed by atoms with van der Waals surface area (Å²) in [7, 11) is 0. The summed E-state index contributed by atoms with van der Waals surface area (Å²) < 4.78 is 0. The average Bonchev–Trinajstić information content (AvgIpc) is 2.27. The van der Waals surface area contributed by atoms with Crippen LogP contribution in [0.3, 0.4) is 0 Å². The molecule has 1 unspecified atom stereocenters. The third-order valence-electron chi connectivity index (χ3n) is 3.14. The van der Waals surface area contributed by atoms with Gasteiger partial charge in [0.2, 0.25) is 5.91 Å². The summed E-state index contributed by atoms with van der Waals surface area (Å²) in [4.78, 5) is 23.3. The van der Waals surface area contributed by atoms with Crippen molar-refractivity contribution in [3.63, 3.8) is 0 Å². The highest BCUT2D eigenvalue weighted by molar-refractivity contribution is 6.12. The lowest BCUT2D eigenvalue weighted by Gasteiger charge is -2.29. The Morgan fingerprint density at radius 1 is 1.25 bits per heavy atom. The molecule has 0 bridgehead atoms. The summed E-state index contributed by atoms with van der Waals surface area (Å²) in [6, 6.07) is 5.36. The van der Waals surface area contributed by atoms with Crippen molar-refractivity contribution in [2.24, 2.45) is 5.73 Å². The van der Waals surface area contributed by atoms with Gasteiger partial charge in [0, 0.05) is 16.8 Å². The average molecular weight is 214 g/mol. The highest BCUT2D eigenvalue weighted by atomic mass is 16.2. The molecule has 1 heterocycles. The van der Waals surface area contributed by atoms with Gasteiger partial charge in [-0.25, -0.2) is 0 Å². The number of carbonyl (C=O) groups is 2. The molecule has 0 saturated carbocycles. The minimum Gasteiger partial charge on any atom is -0.398 e. The predicted octanol–water partition coefficient (Wildman–Crippen LogP) is 0.743. The molecule has 1 atom stereocenters. The van der Waals surface area contributed by atoms with E-state index in [0.717, 1.165) is 11.1 Å². The second-order valence-corrected chi connectivity index (χ2v) is 4.03. The fourth-order valence-corrected chi connectivity index (χ4v) is 2.37. The zero-order valence-electron chi connectivity index (χ0n) is 8.49. The standard InChI is InChI=1S/C12H10N2O2/c13-9-5-4-8-10-6(9)2-1-3-7(10)11(15)14-12(8)16/h1-3,5,8H,4,13H2,(H,14,15,16). The van der Waals surface area contributed by atoms with Crippen LogP contribution in [0.2, 0.25) is 0 Å². The maximum absolute atomic E-state index is 11.7. The molecule has 1 aliphatic heterocycles. The van der Waals surface area contributed by atoms with E-state index < -0.39 is 0 Å². The quantitative estimate of drug-likeness (QED) is 0.626. The van der Waals surface area contributed by atoms with Crippen molar-refractivity contribution in [2.45, 2.75) is 12.3 Å². The van der Waals surface area contributed by atoms with Crippen LogP contribution in [-0.4, -0.2) is 11.8 Å². The lowest BCUT2D eigenvalue weighted by atomic mass is 9.79. The van der Waals surface area contributed by atoms with Crippen molar-refractivity contribution in [3.05, 3.63) is 41.0 Å². The Labute approximate surface area is 92.1 Å². The second-order valence-electron chi connectivity index (χ2n) is 4.03. The monoisotopic (exact) mass is 214 g/mol. The Morgan fingerprint density at radius 2 is 2.00 bits per heavy atom. The summed E-state index contributed by atoms with van der Waals surface area (Å²) in [5, 5.41) is 2.36. The molecule has 4 nitrogen and oxygen atoms in total. The molecule has 1 aromatic rings. The van der Waals surface area contributed by atoms with Gasteiger partial charge in [-0.2, -0.15) is 0 Å². The molecule has 0 spiro atoms. The first kappa shape index (κ1) is 9.15. The molecule has 0 radical (unpaired) electrons. The molecule has 16 heavy (non-hydrogen) atoms. The van der Waals surface area contributed by atoms with E-state index in [4.69, 9.17) is 5.73 Å². The minimum atomic E-state index is -0.326. The smallest absolute Gasteiger partial charge is 0.258 e. The van der Waals surface area contributed by atoms with E-state index in [1.54, 1.807) is 12.1 Å². The van der Waals surface area contributed by atoms with E-state index in [9.17, 15) is 9.59 Å². The Morgan fingerprint density at radius 3 is 2.81 bits per heavy atom. The number of hydrogen-bond acceptors (Lipinski definition) is 3. The van der Waals surface area contributed by atoms with Crippen molar-refractivity contribution in [1.82, 2.24) is 5.32 Å². The summed E-state index contributed by atoms with van der Waals surface area (Å²) >= 11 is 0.